The lowest BCUT2D eigenvalue weighted by Gasteiger charge is -2.15. The maximum atomic E-state index is 9.91. The van der Waals surface area contributed by atoms with Crippen LogP contribution in [0.25, 0.3) is 27.7 Å². The second-order valence-corrected chi connectivity index (χ2v) is 6.24. The summed E-state index contributed by atoms with van der Waals surface area (Å²) in [7, 11) is 0. The molecule has 128 valence electrons. The van der Waals surface area contributed by atoms with Crippen molar-refractivity contribution in [1.82, 2.24) is 15.2 Å². The van der Waals surface area contributed by atoms with E-state index in [0.717, 1.165) is 27.8 Å². The molecule has 0 saturated heterocycles. The summed E-state index contributed by atoms with van der Waals surface area (Å²) in [5, 5.41) is 37.2. The fraction of sp³-hybridized carbons (Fsp3) is 0.150. The Kier molecular flexibility index (Phi) is 3.79. The summed E-state index contributed by atoms with van der Waals surface area (Å²) in [6, 6.07) is 9.02. The normalized spacial score (nSPS) is 16.5. The van der Waals surface area contributed by atoms with Gasteiger partial charge in [-0.3, -0.25) is 5.10 Å². The Hall–Kier alpha value is -3.43. The third-order valence-corrected chi connectivity index (χ3v) is 4.50. The highest BCUT2D eigenvalue weighted by atomic mass is 16.3. The number of benzene rings is 1. The molecule has 6 heteroatoms. The number of nitrogens with zero attached hydrogens (tertiary/aromatic N) is 3. The zero-order valence-electron chi connectivity index (χ0n) is 14.1. The van der Waals surface area contributed by atoms with Crippen molar-refractivity contribution in [2.24, 2.45) is 0 Å². The van der Waals surface area contributed by atoms with Gasteiger partial charge in [-0.2, -0.15) is 10.4 Å². The number of nitriles is 1. The molecule has 2 aromatic heterocycles. The second kappa shape index (κ2) is 6.14. The zero-order chi connectivity index (χ0) is 18.3. The predicted molar refractivity (Wildman–Crippen MR) is 98.2 cm³/mol. The quantitative estimate of drug-likeness (QED) is 0.662. The number of H-pyrrole nitrogens is 1. The summed E-state index contributed by atoms with van der Waals surface area (Å²) in [5.74, 6) is 0.161. The number of aryl methyl sites for hydroxylation is 1. The third-order valence-electron chi connectivity index (χ3n) is 4.50. The van der Waals surface area contributed by atoms with Crippen LogP contribution >= 0.6 is 0 Å². The fourth-order valence-corrected chi connectivity index (χ4v) is 3.22. The van der Waals surface area contributed by atoms with Crippen molar-refractivity contribution in [3.8, 4) is 22.9 Å². The summed E-state index contributed by atoms with van der Waals surface area (Å²) in [6.45, 7) is 1.89. The Bertz CT molecular complexity index is 1100. The molecule has 0 amide bonds. The number of hydrogen-bond acceptors (Lipinski definition) is 5. The smallest absolute Gasteiger partial charge is 0.182 e. The van der Waals surface area contributed by atoms with Gasteiger partial charge in [0.05, 0.1) is 22.7 Å². The van der Waals surface area contributed by atoms with Gasteiger partial charge in [0.15, 0.2) is 5.65 Å². The SMILES string of the molecule is Cc1[nH]nc2nc(C3=CCC(O)C=C3)c(C#N)c(-c3ccc(O)cc3)c12. The highest BCUT2D eigenvalue weighted by Gasteiger charge is 2.22. The molecule has 0 radical (unpaired) electrons. The molecule has 6 nitrogen and oxygen atoms in total. The summed E-state index contributed by atoms with van der Waals surface area (Å²) >= 11 is 0. The lowest BCUT2D eigenvalue weighted by atomic mass is 9.91. The average Bonchev–Trinajstić information content (AvgIpc) is 3.02. The Balaban J connectivity index is 2.05. The van der Waals surface area contributed by atoms with Crippen LogP contribution in [0.15, 0.2) is 42.5 Å². The molecule has 1 aliphatic rings. The summed E-state index contributed by atoms with van der Waals surface area (Å²) in [4.78, 5) is 4.60. The van der Waals surface area contributed by atoms with Crippen LogP contribution in [-0.2, 0) is 0 Å². The van der Waals surface area contributed by atoms with Gasteiger partial charge in [0.2, 0.25) is 0 Å². The Morgan fingerprint density at radius 2 is 2.04 bits per heavy atom. The number of fused-ring (bicyclic) bond motifs is 1. The van der Waals surface area contributed by atoms with Crippen LogP contribution in [0.4, 0.5) is 0 Å². The van der Waals surface area contributed by atoms with Gasteiger partial charge in [0.1, 0.15) is 11.8 Å². The first-order valence-corrected chi connectivity index (χ1v) is 8.23. The number of hydrogen-bond donors (Lipinski definition) is 3. The first-order valence-electron chi connectivity index (χ1n) is 8.23. The first-order chi connectivity index (χ1) is 12.6. The van der Waals surface area contributed by atoms with Crippen molar-refractivity contribution in [3.63, 3.8) is 0 Å². The molecule has 4 rings (SSSR count). The largest absolute Gasteiger partial charge is 0.508 e. The number of pyridine rings is 1. The van der Waals surface area contributed by atoms with Crippen LogP contribution in [-0.4, -0.2) is 31.5 Å². The van der Waals surface area contributed by atoms with Crippen molar-refractivity contribution >= 4 is 16.6 Å². The van der Waals surface area contributed by atoms with Crippen LogP contribution in [0.2, 0.25) is 0 Å². The minimum Gasteiger partial charge on any atom is -0.508 e. The number of aromatic nitrogens is 3. The number of rotatable bonds is 2. The Morgan fingerprint density at radius 1 is 1.27 bits per heavy atom. The summed E-state index contributed by atoms with van der Waals surface area (Å²) < 4.78 is 0. The molecule has 3 aromatic rings. The van der Waals surface area contributed by atoms with Crippen LogP contribution in [0, 0.1) is 18.3 Å². The molecule has 1 atom stereocenters. The number of phenolic OH excluding ortho intramolecular Hbond substituents is 1. The number of aromatic amines is 1. The van der Waals surface area contributed by atoms with E-state index in [9.17, 15) is 15.5 Å². The van der Waals surface area contributed by atoms with E-state index in [0.29, 0.717) is 23.3 Å². The average molecular weight is 344 g/mol. The molecule has 1 aliphatic carbocycles. The monoisotopic (exact) mass is 344 g/mol. The lowest BCUT2D eigenvalue weighted by Crippen LogP contribution is -2.06. The molecule has 3 N–H and O–H groups in total. The number of phenols is 1. The van der Waals surface area contributed by atoms with Gasteiger partial charge in [-0.25, -0.2) is 4.98 Å². The molecule has 1 aromatic carbocycles. The standard InChI is InChI=1S/C20H16N4O2/c1-11-17-18(12-2-6-14(25)7-3-12)16(10-21)19(22-20(17)24-23-11)13-4-8-15(26)9-5-13/h2-8,15,25-26H,9H2,1H3,(H,22,23,24). The van der Waals surface area contributed by atoms with Crippen LogP contribution < -0.4 is 0 Å². The van der Waals surface area contributed by atoms with E-state index in [1.54, 1.807) is 36.4 Å². The molecule has 0 aliphatic heterocycles. The topological polar surface area (TPSA) is 106 Å². The fourth-order valence-electron chi connectivity index (χ4n) is 3.22. The van der Waals surface area contributed by atoms with E-state index in [1.165, 1.54) is 0 Å². The molecule has 26 heavy (non-hydrogen) atoms. The van der Waals surface area contributed by atoms with Gasteiger partial charge in [0, 0.05) is 11.3 Å². The lowest BCUT2D eigenvalue weighted by molar-refractivity contribution is 0.226. The van der Waals surface area contributed by atoms with Crippen molar-refractivity contribution in [2.45, 2.75) is 19.4 Å². The van der Waals surface area contributed by atoms with Crippen molar-refractivity contribution in [1.29, 1.82) is 5.26 Å². The van der Waals surface area contributed by atoms with Crippen molar-refractivity contribution in [3.05, 3.63) is 59.4 Å². The first kappa shape index (κ1) is 16.1. The maximum absolute atomic E-state index is 9.91. The van der Waals surface area contributed by atoms with E-state index in [4.69, 9.17) is 0 Å². The minimum absolute atomic E-state index is 0.161. The maximum Gasteiger partial charge on any atom is 0.182 e. The molecular formula is C20H16N4O2. The number of allylic oxidation sites excluding steroid dienone is 2. The van der Waals surface area contributed by atoms with E-state index in [-0.39, 0.29) is 5.75 Å². The van der Waals surface area contributed by atoms with Gasteiger partial charge < -0.3 is 10.2 Å². The van der Waals surface area contributed by atoms with Crippen LogP contribution in [0.3, 0.4) is 0 Å². The number of aliphatic hydroxyl groups is 1. The summed E-state index contributed by atoms with van der Waals surface area (Å²) in [6.07, 6.45) is 5.31. The predicted octanol–water partition coefficient (Wildman–Crippen LogP) is 3.21. The van der Waals surface area contributed by atoms with E-state index in [2.05, 4.69) is 21.3 Å². The van der Waals surface area contributed by atoms with Gasteiger partial charge in [-0.15, -0.1) is 0 Å². The van der Waals surface area contributed by atoms with Gasteiger partial charge in [-0.1, -0.05) is 30.4 Å². The molecule has 0 bridgehead atoms. The number of aromatic hydroxyl groups is 1. The molecule has 0 saturated carbocycles. The van der Waals surface area contributed by atoms with Gasteiger partial charge in [-0.05, 0) is 36.6 Å². The summed E-state index contributed by atoms with van der Waals surface area (Å²) in [5.41, 5.74) is 4.66. The number of nitrogens with one attached hydrogen (secondary N) is 1. The van der Waals surface area contributed by atoms with Crippen molar-refractivity contribution < 1.29 is 10.2 Å². The van der Waals surface area contributed by atoms with E-state index < -0.39 is 6.10 Å². The van der Waals surface area contributed by atoms with Crippen molar-refractivity contribution in [2.75, 3.05) is 0 Å². The zero-order valence-corrected chi connectivity index (χ0v) is 14.1. The minimum atomic E-state index is -0.516. The van der Waals surface area contributed by atoms with E-state index >= 15 is 0 Å². The molecule has 1 unspecified atom stereocenters. The molecule has 0 fully saturated rings. The second-order valence-electron chi connectivity index (χ2n) is 6.24. The highest BCUT2D eigenvalue weighted by molar-refractivity contribution is 6.00. The third kappa shape index (κ3) is 2.55. The molecule has 2 heterocycles. The molecule has 0 spiro atoms. The Morgan fingerprint density at radius 3 is 2.69 bits per heavy atom. The van der Waals surface area contributed by atoms with E-state index in [1.807, 2.05) is 13.0 Å². The van der Waals surface area contributed by atoms with Crippen LogP contribution in [0.5, 0.6) is 5.75 Å². The van der Waals surface area contributed by atoms with Gasteiger partial charge in [0.25, 0.3) is 0 Å². The Labute approximate surface area is 149 Å². The van der Waals surface area contributed by atoms with Gasteiger partial charge >= 0.3 is 0 Å². The molecular weight excluding hydrogens is 328 g/mol. The number of aliphatic hydroxyl groups excluding tert-OH is 1. The highest BCUT2D eigenvalue weighted by Crippen LogP contribution is 2.37. The van der Waals surface area contributed by atoms with Crippen LogP contribution in [0.1, 0.15) is 23.4 Å².